The number of ether oxygens (including phenoxy) is 1. The van der Waals surface area contributed by atoms with E-state index in [4.69, 9.17) is 4.74 Å². The Labute approximate surface area is 131 Å². The Morgan fingerprint density at radius 2 is 2.18 bits per heavy atom. The minimum absolute atomic E-state index is 0.0271. The van der Waals surface area contributed by atoms with Crippen LogP contribution in [0.4, 0.5) is 4.79 Å². The van der Waals surface area contributed by atoms with E-state index in [1.165, 1.54) is 0 Å². The number of urea groups is 1. The van der Waals surface area contributed by atoms with Crippen molar-refractivity contribution in [2.45, 2.75) is 13.3 Å². The van der Waals surface area contributed by atoms with Crippen LogP contribution in [0.1, 0.15) is 12.0 Å². The highest BCUT2D eigenvalue weighted by molar-refractivity contribution is 7.91. The second kappa shape index (κ2) is 7.49. The van der Waals surface area contributed by atoms with Crippen molar-refractivity contribution in [2.24, 2.45) is 5.92 Å². The Bertz CT molecular complexity index is 616. The fraction of sp³-hybridized carbons (Fsp3) is 0.533. The van der Waals surface area contributed by atoms with Gasteiger partial charge >= 0.3 is 6.03 Å². The van der Waals surface area contributed by atoms with Crippen molar-refractivity contribution in [1.82, 2.24) is 10.6 Å². The average Bonchev–Trinajstić information content (AvgIpc) is 2.81. The minimum Gasteiger partial charge on any atom is -0.492 e. The third-order valence-electron chi connectivity index (χ3n) is 3.52. The molecule has 1 heterocycles. The Kier molecular flexibility index (Phi) is 5.65. The van der Waals surface area contributed by atoms with E-state index in [-0.39, 0.29) is 23.5 Å². The highest BCUT2D eigenvalue weighted by atomic mass is 32.2. The first kappa shape index (κ1) is 16.6. The van der Waals surface area contributed by atoms with Crippen LogP contribution in [-0.2, 0) is 9.84 Å². The van der Waals surface area contributed by atoms with Crippen LogP contribution < -0.4 is 15.4 Å². The van der Waals surface area contributed by atoms with Gasteiger partial charge in [-0.2, -0.15) is 0 Å². The summed E-state index contributed by atoms with van der Waals surface area (Å²) in [6, 6.07) is 7.41. The van der Waals surface area contributed by atoms with Crippen LogP contribution in [0.2, 0.25) is 0 Å². The average molecular weight is 326 g/mol. The third kappa shape index (κ3) is 5.55. The molecule has 22 heavy (non-hydrogen) atoms. The van der Waals surface area contributed by atoms with Crippen molar-refractivity contribution in [3.8, 4) is 5.75 Å². The lowest BCUT2D eigenvalue weighted by molar-refractivity contribution is 0.235. The molecule has 1 aromatic carbocycles. The highest BCUT2D eigenvalue weighted by Crippen LogP contribution is 2.17. The molecule has 0 unspecified atom stereocenters. The molecule has 0 aromatic heterocycles. The van der Waals surface area contributed by atoms with E-state index in [0.717, 1.165) is 11.3 Å². The molecule has 1 saturated heterocycles. The van der Waals surface area contributed by atoms with Gasteiger partial charge in [0.2, 0.25) is 0 Å². The second-order valence-electron chi connectivity index (χ2n) is 5.57. The number of carbonyl (C=O) groups excluding carboxylic acids is 1. The van der Waals surface area contributed by atoms with Gasteiger partial charge in [-0.05, 0) is 37.0 Å². The van der Waals surface area contributed by atoms with Gasteiger partial charge in [-0.25, -0.2) is 13.2 Å². The summed E-state index contributed by atoms with van der Waals surface area (Å²) in [5, 5.41) is 5.39. The first-order valence-electron chi connectivity index (χ1n) is 7.36. The van der Waals surface area contributed by atoms with Crippen molar-refractivity contribution >= 4 is 15.9 Å². The number of amides is 2. The van der Waals surface area contributed by atoms with Gasteiger partial charge in [0.05, 0.1) is 18.1 Å². The van der Waals surface area contributed by atoms with Gasteiger partial charge in [0.1, 0.15) is 12.4 Å². The molecule has 7 heteroatoms. The number of nitrogens with one attached hydrogen (secondary N) is 2. The fourth-order valence-electron chi connectivity index (χ4n) is 2.37. The molecule has 0 aliphatic carbocycles. The summed E-state index contributed by atoms with van der Waals surface area (Å²) in [6.45, 7) is 3.16. The van der Waals surface area contributed by atoms with Gasteiger partial charge in [-0.3, -0.25) is 0 Å². The predicted octanol–water partition coefficient (Wildman–Crippen LogP) is 1.11. The molecule has 2 amide bonds. The van der Waals surface area contributed by atoms with E-state index >= 15 is 0 Å². The number of rotatable bonds is 6. The zero-order valence-electron chi connectivity index (χ0n) is 12.7. The quantitative estimate of drug-likeness (QED) is 0.767. The van der Waals surface area contributed by atoms with E-state index in [1.807, 2.05) is 31.2 Å². The van der Waals surface area contributed by atoms with Crippen LogP contribution in [0.25, 0.3) is 0 Å². The largest absolute Gasteiger partial charge is 0.492 e. The molecule has 0 spiro atoms. The van der Waals surface area contributed by atoms with Gasteiger partial charge in [-0.15, -0.1) is 0 Å². The van der Waals surface area contributed by atoms with Crippen LogP contribution in [0.3, 0.4) is 0 Å². The van der Waals surface area contributed by atoms with Crippen molar-refractivity contribution in [3.63, 3.8) is 0 Å². The number of hydrogen-bond donors (Lipinski definition) is 2. The van der Waals surface area contributed by atoms with Crippen molar-refractivity contribution in [2.75, 3.05) is 31.2 Å². The van der Waals surface area contributed by atoms with Crippen LogP contribution in [0.15, 0.2) is 24.3 Å². The zero-order chi connectivity index (χ0) is 16.0. The van der Waals surface area contributed by atoms with Crippen LogP contribution in [-0.4, -0.2) is 45.7 Å². The van der Waals surface area contributed by atoms with E-state index < -0.39 is 9.84 Å². The maximum absolute atomic E-state index is 11.6. The summed E-state index contributed by atoms with van der Waals surface area (Å²) >= 11 is 0. The van der Waals surface area contributed by atoms with E-state index in [9.17, 15) is 13.2 Å². The molecular formula is C15H22N2O4S. The molecule has 2 N–H and O–H groups in total. The molecule has 1 aliphatic heterocycles. The van der Waals surface area contributed by atoms with Gasteiger partial charge in [-0.1, -0.05) is 12.1 Å². The molecule has 1 aliphatic rings. The molecular weight excluding hydrogens is 304 g/mol. The predicted molar refractivity (Wildman–Crippen MR) is 84.8 cm³/mol. The lowest BCUT2D eigenvalue weighted by atomic mass is 10.1. The van der Waals surface area contributed by atoms with Gasteiger partial charge in [0.15, 0.2) is 9.84 Å². The SMILES string of the molecule is Cc1cccc(OCCNC(=O)NC[C@H]2CCS(=O)(=O)C2)c1. The summed E-state index contributed by atoms with van der Waals surface area (Å²) in [6.07, 6.45) is 0.624. The minimum atomic E-state index is -2.89. The number of aryl methyl sites for hydroxylation is 1. The van der Waals surface area contributed by atoms with Crippen LogP contribution >= 0.6 is 0 Å². The van der Waals surface area contributed by atoms with Crippen molar-refractivity contribution in [1.29, 1.82) is 0 Å². The van der Waals surface area contributed by atoms with Crippen LogP contribution in [0, 0.1) is 12.8 Å². The van der Waals surface area contributed by atoms with Crippen molar-refractivity contribution < 1.29 is 17.9 Å². The third-order valence-corrected chi connectivity index (χ3v) is 5.36. The molecule has 0 saturated carbocycles. The summed E-state index contributed by atoms with van der Waals surface area (Å²) in [5.41, 5.74) is 1.12. The standard InChI is InChI=1S/C15H22N2O4S/c1-12-3-2-4-14(9-12)21-7-6-16-15(18)17-10-13-5-8-22(19,20)11-13/h2-4,9,13H,5-8,10-11H2,1H3,(H2,16,17,18)/t13-/m1/s1. The smallest absolute Gasteiger partial charge is 0.314 e. The summed E-state index contributed by atoms with van der Waals surface area (Å²) in [4.78, 5) is 11.6. The molecule has 0 bridgehead atoms. The Morgan fingerprint density at radius 3 is 2.86 bits per heavy atom. The molecule has 1 fully saturated rings. The highest BCUT2D eigenvalue weighted by Gasteiger charge is 2.27. The van der Waals surface area contributed by atoms with Gasteiger partial charge in [0.25, 0.3) is 0 Å². The molecule has 1 aromatic rings. The van der Waals surface area contributed by atoms with E-state index in [2.05, 4.69) is 10.6 Å². The maximum Gasteiger partial charge on any atom is 0.314 e. The topological polar surface area (TPSA) is 84.5 Å². The molecule has 2 rings (SSSR count). The van der Waals surface area contributed by atoms with Crippen molar-refractivity contribution in [3.05, 3.63) is 29.8 Å². The summed E-state index contributed by atoms with van der Waals surface area (Å²) < 4.78 is 28.1. The van der Waals surface area contributed by atoms with E-state index in [1.54, 1.807) is 0 Å². The number of hydrogen-bond acceptors (Lipinski definition) is 4. The van der Waals surface area contributed by atoms with Gasteiger partial charge < -0.3 is 15.4 Å². The van der Waals surface area contributed by atoms with Gasteiger partial charge in [0, 0.05) is 6.54 Å². The maximum atomic E-state index is 11.6. The first-order chi connectivity index (χ1) is 10.4. The molecule has 6 nitrogen and oxygen atoms in total. The normalized spacial score (nSPS) is 19.6. The Hall–Kier alpha value is -1.76. The molecule has 1 atom stereocenters. The molecule has 0 radical (unpaired) electrons. The number of benzene rings is 1. The number of carbonyl (C=O) groups is 1. The second-order valence-corrected chi connectivity index (χ2v) is 7.80. The lowest BCUT2D eigenvalue weighted by Gasteiger charge is -2.11. The fourth-order valence-corrected chi connectivity index (χ4v) is 4.23. The summed E-state index contributed by atoms with van der Waals surface area (Å²) in [7, 11) is -2.89. The lowest BCUT2D eigenvalue weighted by Crippen LogP contribution is -2.40. The summed E-state index contributed by atoms with van der Waals surface area (Å²) in [5.74, 6) is 1.20. The van der Waals surface area contributed by atoms with E-state index in [0.29, 0.717) is 26.1 Å². The zero-order valence-corrected chi connectivity index (χ0v) is 13.5. The number of sulfone groups is 1. The monoisotopic (exact) mass is 326 g/mol. The Balaban J connectivity index is 1.58. The van der Waals surface area contributed by atoms with Crippen LogP contribution in [0.5, 0.6) is 5.75 Å². The first-order valence-corrected chi connectivity index (χ1v) is 9.18. The Morgan fingerprint density at radius 1 is 1.36 bits per heavy atom. The molecule has 122 valence electrons.